The smallest absolute Gasteiger partial charge is 0.339 e. The van der Waals surface area contributed by atoms with Crippen LogP contribution in [0.15, 0.2) is 30.6 Å². The lowest BCUT2D eigenvalue weighted by Crippen LogP contribution is -2.07. The zero-order chi connectivity index (χ0) is 12.3. The third-order valence-corrected chi connectivity index (χ3v) is 2.49. The largest absolute Gasteiger partial charge is 0.465 e. The molecular formula is C12H13N3O2. The second kappa shape index (κ2) is 4.78. The summed E-state index contributed by atoms with van der Waals surface area (Å²) in [5, 5.41) is 4.17. The second-order valence-electron chi connectivity index (χ2n) is 3.66. The predicted octanol–water partition coefficient (Wildman–Crippen LogP) is 1.42. The molecule has 5 heteroatoms. The van der Waals surface area contributed by atoms with Gasteiger partial charge in [-0.2, -0.15) is 5.10 Å². The predicted molar refractivity (Wildman–Crippen MR) is 61.6 cm³/mol. The molecule has 2 aromatic heterocycles. The molecule has 2 heterocycles. The van der Waals surface area contributed by atoms with Crippen LogP contribution in [-0.4, -0.2) is 27.8 Å². The molecule has 0 N–H and O–H groups in total. The van der Waals surface area contributed by atoms with Crippen LogP contribution in [0.2, 0.25) is 0 Å². The Balaban J connectivity index is 2.14. The first kappa shape index (κ1) is 11.3. The number of esters is 1. The van der Waals surface area contributed by atoms with Gasteiger partial charge in [0.15, 0.2) is 0 Å². The number of hydrogen-bond acceptors (Lipinski definition) is 4. The Hall–Kier alpha value is -2.17. The molecule has 0 aliphatic heterocycles. The summed E-state index contributed by atoms with van der Waals surface area (Å²) in [6.07, 6.45) is 3.26. The van der Waals surface area contributed by atoms with Crippen molar-refractivity contribution in [1.29, 1.82) is 0 Å². The van der Waals surface area contributed by atoms with Gasteiger partial charge in [-0.1, -0.05) is 0 Å². The minimum atomic E-state index is -0.376. The van der Waals surface area contributed by atoms with E-state index >= 15 is 0 Å². The number of carbonyl (C=O) groups excluding carboxylic acids is 1. The van der Waals surface area contributed by atoms with Crippen molar-refractivity contribution in [2.24, 2.45) is 0 Å². The summed E-state index contributed by atoms with van der Waals surface area (Å²) in [4.78, 5) is 15.4. The molecule has 0 aliphatic carbocycles. The SMILES string of the molecule is COC(=O)c1ccc(Cn2nccc2C)nc1. The summed E-state index contributed by atoms with van der Waals surface area (Å²) in [5.74, 6) is -0.376. The molecule has 0 amide bonds. The Morgan fingerprint density at radius 2 is 2.24 bits per heavy atom. The van der Waals surface area contributed by atoms with Crippen LogP contribution in [0.5, 0.6) is 0 Å². The van der Waals surface area contributed by atoms with Gasteiger partial charge in [-0.25, -0.2) is 4.79 Å². The first-order valence-electron chi connectivity index (χ1n) is 5.22. The quantitative estimate of drug-likeness (QED) is 0.750. The van der Waals surface area contributed by atoms with E-state index in [2.05, 4.69) is 14.8 Å². The monoisotopic (exact) mass is 231 g/mol. The van der Waals surface area contributed by atoms with Gasteiger partial charge < -0.3 is 4.74 Å². The minimum absolute atomic E-state index is 0.376. The van der Waals surface area contributed by atoms with Crippen molar-refractivity contribution in [3.05, 3.63) is 47.5 Å². The number of rotatable bonds is 3. The summed E-state index contributed by atoms with van der Waals surface area (Å²) in [6.45, 7) is 2.58. The molecule has 0 atom stereocenters. The van der Waals surface area contributed by atoms with Gasteiger partial charge in [0.05, 0.1) is 24.9 Å². The third kappa shape index (κ3) is 2.50. The fourth-order valence-corrected chi connectivity index (χ4v) is 1.47. The van der Waals surface area contributed by atoms with Crippen molar-refractivity contribution in [2.45, 2.75) is 13.5 Å². The van der Waals surface area contributed by atoms with Crippen LogP contribution in [0.25, 0.3) is 0 Å². The number of methoxy groups -OCH3 is 1. The molecule has 0 saturated carbocycles. The van der Waals surface area contributed by atoms with E-state index in [0.717, 1.165) is 11.4 Å². The molecule has 0 fully saturated rings. The molecule has 17 heavy (non-hydrogen) atoms. The van der Waals surface area contributed by atoms with Gasteiger partial charge in [-0.3, -0.25) is 9.67 Å². The highest BCUT2D eigenvalue weighted by atomic mass is 16.5. The van der Waals surface area contributed by atoms with Crippen molar-refractivity contribution in [3.63, 3.8) is 0 Å². The van der Waals surface area contributed by atoms with Gasteiger partial charge in [0.25, 0.3) is 0 Å². The van der Waals surface area contributed by atoms with Gasteiger partial charge in [-0.15, -0.1) is 0 Å². The van der Waals surface area contributed by atoms with Crippen LogP contribution in [0.4, 0.5) is 0 Å². The molecule has 0 bridgehead atoms. The normalized spacial score (nSPS) is 10.2. The van der Waals surface area contributed by atoms with Crippen molar-refractivity contribution < 1.29 is 9.53 Å². The van der Waals surface area contributed by atoms with Crippen LogP contribution < -0.4 is 0 Å². The Labute approximate surface area is 99.1 Å². The molecular weight excluding hydrogens is 218 g/mol. The summed E-state index contributed by atoms with van der Waals surface area (Å²) >= 11 is 0. The number of ether oxygens (including phenoxy) is 1. The zero-order valence-corrected chi connectivity index (χ0v) is 9.75. The van der Waals surface area contributed by atoms with E-state index in [4.69, 9.17) is 0 Å². The molecule has 2 rings (SSSR count). The highest BCUT2D eigenvalue weighted by Crippen LogP contribution is 2.05. The second-order valence-corrected chi connectivity index (χ2v) is 3.66. The van der Waals surface area contributed by atoms with E-state index in [1.54, 1.807) is 18.3 Å². The van der Waals surface area contributed by atoms with E-state index in [-0.39, 0.29) is 5.97 Å². The molecule has 0 unspecified atom stereocenters. The lowest BCUT2D eigenvalue weighted by Gasteiger charge is -2.04. The fraction of sp³-hybridized carbons (Fsp3) is 0.250. The summed E-state index contributed by atoms with van der Waals surface area (Å²) in [6, 6.07) is 5.43. The Morgan fingerprint density at radius 3 is 2.76 bits per heavy atom. The third-order valence-electron chi connectivity index (χ3n) is 2.49. The molecule has 0 aliphatic rings. The maximum Gasteiger partial charge on any atom is 0.339 e. The van der Waals surface area contributed by atoms with E-state index in [1.165, 1.54) is 13.3 Å². The molecule has 88 valence electrons. The molecule has 0 radical (unpaired) electrons. The van der Waals surface area contributed by atoms with Crippen LogP contribution in [-0.2, 0) is 11.3 Å². The van der Waals surface area contributed by atoms with Gasteiger partial charge in [0.2, 0.25) is 0 Å². The highest BCUT2D eigenvalue weighted by molar-refractivity contribution is 5.88. The number of nitrogens with zero attached hydrogens (tertiary/aromatic N) is 3. The van der Waals surface area contributed by atoms with E-state index in [0.29, 0.717) is 12.1 Å². The van der Waals surface area contributed by atoms with E-state index < -0.39 is 0 Å². The van der Waals surface area contributed by atoms with Gasteiger partial charge in [0, 0.05) is 18.1 Å². The molecule has 0 aromatic carbocycles. The fourth-order valence-electron chi connectivity index (χ4n) is 1.47. The Morgan fingerprint density at radius 1 is 1.41 bits per heavy atom. The molecule has 5 nitrogen and oxygen atoms in total. The number of carbonyl (C=O) groups is 1. The Kier molecular flexibility index (Phi) is 3.18. The van der Waals surface area contributed by atoms with Crippen LogP contribution in [0.1, 0.15) is 21.7 Å². The van der Waals surface area contributed by atoms with Crippen molar-refractivity contribution >= 4 is 5.97 Å². The molecule has 0 spiro atoms. The van der Waals surface area contributed by atoms with E-state index in [9.17, 15) is 4.79 Å². The number of aromatic nitrogens is 3. The first-order valence-corrected chi connectivity index (χ1v) is 5.22. The zero-order valence-electron chi connectivity index (χ0n) is 9.75. The first-order chi connectivity index (χ1) is 8.20. The highest BCUT2D eigenvalue weighted by Gasteiger charge is 2.06. The summed E-state index contributed by atoms with van der Waals surface area (Å²) in [5.41, 5.74) is 2.38. The minimum Gasteiger partial charge on any atom is -0.465 e. The van der Waals surface area contributed by atoms with Gasteiger partial charge in [0.1, 0.15) is 0 Å². The molecule has 2 aromatic rings. The average Bonchev–Trinajstić information content (AvgIpc) is 2.75. The molecule has 0 saturated heterocycles. The Bertz CT molecular complexity index is 517. The lowest BCUT2D eigenvalue weighted by molar-refractivity contribution is 0.0600. The van der Waals surface area contributed by atoms with Crippen molar-refractivity contribution in [3.8, 4) is 0 Å². The lowest BCUT2D eigenvalue weighted by atomic mass is 10.2. The van der Waals surface area contributed by atoms with Gasteiger partial charge >= 0.3 is 5.97 Å². The number of hydrogen-bond donors (Lipinski definition) is 0. The topological polar surface area (TPSA) is 57.0 Å². The number of pyridine rings is 1. The van der Waals surface area contributed by atoms with Crippen LogP contribution in [0, 0.1) is 6.92 Å². The summed E-state index contributed by atoms with van der Waals surface area (Å²) in [7, 11) is 1.35. The van der Waals surface area contributed by atoms with Crippen molar-refractivity contribution in [2.75, 3.05) is 7.11 Å². The average molecular weight is 231 g/mol. The van der Waals surface area contributed by atoms with E-state index in [1.807, 2.05) is 17.7 Å². The van der Waals surface area contributed by atoms with Crippen LogP contribution >= 0.6 is 0 Å². The van der Waals surface area contributed by atoms with Crippen LogP contribution in [0.3, 0.4) is 0 Å². The number of aryl methyl sites for hydroxylation is 1. The standard InChI is InChI=1S/C12H13N3O2/c1-9-5-6-14-15(9)8-11-4-3-10(7-13-11)12(16)17-2/h3-7H,8H2,1-2H3. The summed E-state index contributed by atoms with van der Waals surface area (Å²) < 4.78 is 6.45. The maximum atomic E-state index is 11.2. The van der Waals surface area contributed by atoms with Gasteiger partial charge in [-0.05, 0) is 25.1 Å². The van der Waals surface area contributed by atoms with Crippen molar-refractivity contribution in [1.82, 2.24) is 14.8 Å². The maximum absolute atomic E-state index is 11.2.